The van der Waals surface area contributed by atoms with Gasteiger partial charge in [0.05, 0.1) is 4.90 Å². The molecule has 0 unspecified atom stereocenters. The number of H-pyrrole nitrogens is 1. The molecule has 2 aromatic carbocycles. The molecule has 2 fully saturated rings. The lowest BCUT2D eigenvalue weighted by molar-refractivity contribution is -0.143. The zero-order valence-corrected chi connectivity index (χ0v) is 32.4. The summed E-state index contributed by atoms with van der Waals surface area (Å²) in [5.41, 5.74) is 5.37. The van der Waals surface area contributed by atoms with Crippen LogP contribution >= 0.6 is 7.60 Å². The number of allylic oxidation sites excluding steroid dienone is 1. The number of aromatic amines is 1. The third-order valence-corrected chi connectivity index (χ3v) is 11.8. The molecule has 18 nitrogen and oxygen atoms in total. The first kappa shape index (κ1) is 41.8. The Balaban J connectivity index is 1.33. The summed E-state index contributed by atoms with van der Waals surface area (Å²) in [5, 5.41) is 8.46. The Bertz CT molecular complexity index is 2240. The summed E-state index contributed by atoms with van der Waals surface area (Å²) in [6.45, 7) is 6.25. The van der Waals surface area contributed by atoms with E-state index in [1.54, 1.807) is 6.92 Å². The summed E-state index contributed by atoms with van der Waals surface area (Å²) >= 11 is 0. The van der Waals surface area contributed by atoms with Gasteiger partial charge in [-0.3, -0.25) is 33.3 Å². The normalized spacial score (nSPS) is 19.4. The number of nitrogens with two attached hydrogens (primary N) is 1. The van der Waals surface area contributed by atoms with Crippen LogP contribution in [0.15, 0.2) is 65.7 Å². The van der Waals surface area contributed by atoms with E-state index in [1.807, 2.05) is 4.90 Å². The van der Waals surface area contributed by atoms with E-state index in [2.05, 4.69) is 27.5 Å². The highest BCUT2D eigenvalue weighted by atomic mass is 32.2. The second-order valence-electron chi connectivity index (χ2n) is 14.0. The Morgan fingerprint density at radius 3 is 2.38 bits per heavy atom. The standard InChI is InChI=1S/C36H44N7O11PS/c1-20(2)42-15-14-24-7-12-30(34(47)40-27(11-13-31(37)44)32(45)38-18-21-4-8-25(9-5-21)56(3,53)54)43(24)35(48)29(19-42)41-33(46)28-17-23-16-22(6-10-26(23)39-28)36(49)55(50,51)52/h4-6,8-10,16-17,24,27,29-30,39H,1,7,11-15,18-19H2,2-3H3,(H2,37,44)(H,38,45)(H,40,47)(H,41,46)(H2,50,51,52)/t24-,27+,29+,30+/m1/s1. The maximum atomic E-state index is 14.4. The predicted molar refractivity (Wildman–Crippen MR) is 202 cm³/mol. The van der Waals surface area contributed by atoms with Crippen LogP contribution in [0.5, 0.6) is 0 Å². The Labute approximate surface area is 322 Å². The molecule has 0 bridgehead atoms. The molecule has 3 aromatic rings. The van der Waals surface area contributed by atoms with E-state index in [1.165, 1.54) is 53.4 Å². The first-order valence-corrected chi connectivity index (χ1v) is 21.2. The highest BCUT2D eigenvalue weighted by Crippen LogP contribution is 2.39. The van der Waals surface area contributed by atoms with Crippen molar-refractivity contribution in [2.75, 3.05) is 19.3 Å². The van der Waals surface area contributed by atoms with Crippen molar-refractivity contribution in [2.45, 2.75) is 74.6 Å². The largest absolute Gasteiger partial charge is 0.396 e. The number of benzene rings is 2. The lowest BCUT2D eigenvalue weighted by atomic mass is 10.1. The molecule has 1 aromatic heterocycles. The SMILES string of the molecule is C=C(C)N1CC[C@H]2CC[C@@H](C(=O)N[C@@H](CCC(N)=O)C(=O)NCc3ccc(S(C)(=O)=O)cc3)N2C(=O)[C@@H](NC(=O)c2cc3cc(C(=O)P(=O)(O)O)ccc3[nH]2)C1. The molecule has 4 atom stereocenters. The van der Waals surface area contributed by atoms with E-state index in [4.69, 9.17) is 5.73 Å². The minimum atomic E-state index is -5.05. The van der Waals surface area contributed by atoms with Crippen LogP contribution in [-0.2, 0) is 40.1 Å². The number of sulfone groups is 1. The molecule has 0 aliphatic carbocycles. The summed E-state index contributed by atoms with van der Waals surface area (Å²) in [4.78, 5) is 104. The molecule has 0 saturated carbocycles. The first-order valence-electron chi connectivity index (χ1n) is 17.6. The third-order valence-electron chi connectivity index (χ3n) is 9.85. The van der Waals surface area contributed by atoms with Crippen molar-refractivity contribution in [2.24, 2.45) is 5.73 Å². The van der Waals surface area contributed by atoms with Crippen LogP contribution in [0.3, 0.4) is 0 Å². The maximum Gasteiger partial charge on any atom is 0.396 e. The topological polar surface area (TPSA) is 278 Å². The Kier molecular flexibility index (Phi) is 12.5. The average Bonchev–Trinajstić information content (AvgIpc) is 3.75. The van der Waals surface area contributed by atoms with Crippen molar-refractivity contribution >= 4 is 63.4 Å². The van der Waals surface area contributed by atoms with Crippen LogP contribution in [0.25, 0.3) is 10.9 Å². The fourth-order valence-corrected chi connectivity index (χ4v) is 7.97. The van der Waals surface area contributed by atoms with Gasteiger partial charge in [0, 0.05) is 60.5 Å². The molecule has 2 aliphatic rings. The number of carbonyl (C=O) groups is 6. The second-order valence-corrected chi connectivity index (χ2v) is 17.5. The van der Waals surface area contributed by atoms with Gasteiger partial charge in [0.25, 0.3) is 11.4 Å². The van der Waals surface area contributed by atoms with Gasteiger partial charge in [0.15, 0.2) is 9.84 Å². The van der Waals surface area contributed by atoms with E-state index < -0.39 is 76.7 Å². The van der Waals surface area contributed by atoms with Gasteiger partial charge in [-0.1, -0.05) is 18.7 Å². The van der Waals surface area contributed by atoms with Crippen molar-refractivity contribution in [3.8, 4) is 0 Å². The number of amides is 5. The number of rotatable bonds is 14. The lowest BCUT2D eigenvalue weighted by Gasteiger charge is -2.39. The van der Waals surface area contributed by atoms with E-state index in [9.17, 15) is 51.5 Å². The molecular formula is C36H44N7O11PS. The Morgan fingerprint density at radius 2 is 1.75 bits per heavy atom. The molecule has 5 rings (SSSR count). The summed E-state index contributed by atoms with van der Waals surface area (Å²) in [6.07, 6.45) is 1.92. The fourth-order valence-electron chi connectivity index (χ4n) is 6.87. The number of primary amides is 1. The van der Waals surface area contributed by atoms with Crippen molar-refractivity contribution in [3.05, 3.63) is 77.6 Å². The van der Waals surface area contributed by atoms with Gasteiger partial charge in [0.1, 0.15) is 23.8 Å². The monoisotopic (exact) mass is 813 g/mol. The van der Waals surface area contributed by atoms with Gasteiger partial charge in [-0.25, -0.2) is 8.42 Å². The van der Waals surface area contributed by atoms with E-state index in [0.29, 0.717) is 41.5 Å². The Hall–Kier alpha value is -5.36. The number of aromatic nitrogens is 1. The average molecular weight is 814 g/mol. The third kappa shape index (κ3) is 9.89. The minimum Gasteiger partial charge on any atom is -0.373 e. The van der Waals surface area contributed by atoms with Gasteiger partial charge in [0.2, 0.25) is 23.6 Å². The van der Waals surface area contributed by atoms with Crippen molar-refractivity contribution in [3.63, 3.8) is 0 Å². The summed E-state index contributed by atoms with van der Waals surface area (Å²) in [5.74, 6) is -3.21. The smallest absolute Gasteiger partial charge is 0.373 e. The molecule has 8 N–H and O–H groups in total. The van der Waals surface area contributed by atoms with Gasteiger partial charge in [-0.05, 0) is 74.6 Å². The second kappa shape index (κ2) is 16.8. The first-order chi connectivity index (χ1) is 26.2. The lowest BCUT2D eigenvalue weighted by Crippen LogP contribution is -2.61. The van der Waals surface area contributed by atoms with Crippen LogP contribution in [0.2, 0.25) is 0 Å². The molecule has 56 heavy (non-hydrogen) atoms. The summed E-state index contributed by atoms with van der Waals surface area (Å²) < 4.78 is 35.1. The number of fused-ring (bicyclic) bond motifs is 2. The highest BCUT2D eigenvalue weighted by Gasteiger charge is 2.45. The number of nitrogens with zero attached hydrogens (tertiary/aromatic N) is 2. The summed E-state index contributed by atoms with van der Waals surface area (Å²) in [6, 6.07) is 7.32. The van der Waals surface area contributed by atoms with Crippen LogP contribution in [0, 0.1) is 0 Å². The zero-order valence-electron chi connectivity index (χ0n) is 30.7. The molecule has 20 heteroatoms. The maximum absolute atomic E-state index is 14.4. The van der Waals surface area contributed by atoms with Gasteiger partial charge in [-0.2, -0.15) is 0 Å². The van der Waals surface area contributed by atoms with Crippen LogP contribution < -0.4 is 21.7 Å². The van der Waals surface area contributed by atoms with Gasteiger partial charge < -0.3 is 46.3 Å². The molecular weight excluding hydrogens is 769 g/mol. The molecule has 300 valence electrons. The molecule has 2 aliphatic heterocycles. The number of hydrogen-bond acceptors (Lipinski definition) is 10. The molecule has 5 amide bonds. The minimum absolute atomic E-state index is 0.000534. The number of hydrogen-bond donors (Lipinski definition) is 7. The van der Waals surface area contributed by atoms with Gasteiger partial charge >= 0.3 is 7.60 Å². The Morgan fingerprint density at radius 1 is 1.05 bits per heavy atom. The van der Waals surface area contributed by atoms with Crippen molar-refractivity contribution < 1.29 is 51.5 Å². The van der Waals surface area contributed by atoms with Gasteiger partial charge in [-0.15, -0.1) is 0 Å². The molecule has 3 heterocycles. The fraction of sp³-hybridized carbons (Fsp3) is 0.389. The van der Waals surface area contributed by atoms with E-state index >= 15 is 0 Å². The van der Waals surface area contributed by atoms with E-state index in [-0.39, 0.29) is 48.5 Å². The highest BCUT2D eigenvalue weighted by molar-refractivity contribution is 7.90. The van der Waals surface area contributed by atoms with Crippen LogP contribution in [-0.4, -0.2) is 112 Å². The van der Waals surface area contributed by atoms with Crippen LogP contribution in [0.1, 0.15) is 65.4 Å². The predicted octanol–water partition coefficient (Wildman–Crippen LogP) is 0.653. The molecule has 0 radical (unpaired) electrons. The zero-order chi connectivity index (χ0) is 41.1. The van der Waals surface area contributed by atoms with E-state index in [0.717, 1.165) is 6.26 Å². The quantitative estimate of drug-likeness (QED) is 0.111. The molecule has 2 saturated heterocycles. The van der Waals surface area contributed by atoms with Crippen LogP contribution in [0.4, 0.5) is 0 Å². The van der Waals surface area contributed by atoms with Crippen molar-refractivity contribution in [1.29, 1.82) is 0 Å². The number of nitrogens with one attached hydrogen (secondary N) is 4. The molecule has 0 spiro atoms. The number of carbonyl (C=O) groups excluding carboxylic acids is 6. The van der Waals surface area contributed by atoms with Crippen molar-refractivity contribution in [1.82, 2.24) is 30.7 Å². The summed E-state index contributed by atoms with van der Waals surface area (Å²) in [7, 11) is -8.47.